The summed E-state index contributed by atoms with van der Waals surface area (Å²) in [4.78, 5) is 0. The van der Waals surface area contributed by atoms with E-state index in [9.17, 15) is 4.39 Å². The maximum absolute atomic E-state index is 12.6. The molecule has 0 aromatic carbocycles. The normalized spacial score (nSPS) is 12.7. The zero-order valence-corrected chi connectivity index (χ0v) is 16.4. The molecule has 0 bridgehead atoms. The number of rotatable bonds is 19. The number of alkyl halides is 1. The summed E-state index contributed by atoms with van der Waals surface area (Å²) < 4.78 is 12.6. The summed E-state index contributed by atoms with van der Waals surface area (Å²) in [6.45, 7) is 3.96. The number of hydrogen-bond donors (Lipinski definition) is 0. The molecule has 0 aliphatic carbocycles. The zero-order valence-electron chi connectivity index (χ0n) is 16.4. The fourth-order valence-corrected chi connectivity index (χ4v) is 3.33. The van der Waals surface area contributed by atoms with Crippen LogP contribution >= 0.6 is 0 Å². The lowest BCUT2D eigenvalue weighted by Gasteiger charge is -2.04. The second-order valence-electron chi connectivity index (χ2n) is 7.58. The van der Waals surface area contributed by atoms with Crippen molar-refractivity contribution in [3.63, 3.8) is 0 Å². The van der Waals surface area contributed by atoms with Crippen molar-refractivity contribution in [1.82, 2.24) is 0 Å². The smallest absolute Gasteiger partial charge is 0.0973 e. The first-order valence-electron chi connectivity index (χ1n) is 10.9. The van der Waals surface area contributed by atoms with Gasteiger partial charge in [0.05, 0.1) is 6.17 Å². The van der Waals surface area contributed by atoms with Gasteiger partial charge in [-0.3, -0.25) is 0 Å². The quantitative estimate of drug-likeness (QED) is 0.208. The predicted molar refractivity (Wildman–Crippen MR) is 104 cm³/mol. The molecule has 0 fully saturated rings. The Labute approximate surface area is 147 Å². The molecule has 0 aromatic rings. The van der Waals surface area contributed by atoms with Gasteiger partial charge in [-0.1, -0.05) is 122 Å². The minimum absolute atomic E-state index is 0.601. The van der Waals surface area contributed by atoms with Crippen molar-refractivity contribution >= 4 is 0 Å². The first-order chi connectivity index (χ1) is 11.3. The summed E-state index contributed by atoms with van der Waals surface area (Å²) in [7, 11) is 0. The van der Waals surface area contributed by atoms with Gasteiger partial charge in [0.1, 0.15) is 0 Å². The molecule has 0 saturated heterocycles. The van der Waals surface area contributed by atoms with Crippen LogP contribution in [0.2, 0.25) is 0 Å². The molecule has 140 valence electrons. The lowest BCUT2D eigenvalue weighted by Crippen LogP contribution is -1.91. The van der Waals surface area contributed by atoms with Crippen LogP contribution < -0.4 is 0 Å². The molecule has 0 aliphatic rings. The fourth-order valence-electron chi connectivity index (χ4n) is 3.33. The van der Waals surface area contributed by atoms with Crippen LogP contribution in [0.15, 0.2) is 0 Å². The van der Waals surface area contributed by atoms with Crippen molar-refractivity contribution in [3.8, 4) is 0 Å². The van der Waals surface area contributed by atoms with Crippen LogP contribution in [0.25, 0.3) is 0 Å². The first kappa shape index (κ1) is 22.9. The van der Waals surface area contributed by atoms with E-state index in [1.165, 1.54) is 109 Å². The monoisotopic (exact) mass is 328 g/mol. The van der Waals surface area contributed by atoms with Crippen molar-refractivity contribution in [3.05, 3.63) is 0 Å². The van der Waals surface area contributed by atoms with Gasteiger partial charge in [0.25, 0.3) is 0 Å². The van der Waals surface area contributed by atoms with E-state index < -0.39 is 6.17 Å². The van der Waals surface area contributed by atoms with Gasteiger partial charge >= 0.3 is 0 Å². The second kappa shape index (κ2) is 20.0. The van der Waals surface area contributed by atoms with Gasteiger partial charge in [-0.25, -0.2) is 4.39 Å². The highest BCUT2D eigenvalue weighted by Gasteiger charge is 1.98. The van der Waals surface area contributed by atoms with Gasteiger partial charge in [0, 0.05) is 0 Å². The molecule has 0 spiro atoms. The van der Waals surface area contributed by atoms with Gasteiger partial charge in [0.2, 0.25) is 0 Å². The van der Waals surface area contributed by atoms with Crippen LogP contribution in [0, 0.1) is 0 Å². The molecule has 1 heteroatoms. The van der Waals surface area contributed by atoms with Crippen molar-refractivity contribution in [2.24, 2.45) is 0 Å². The first-order valence-corrected chi connectivity index (χ1v) is 10.9. The van der Waals surface area contributed by atoms with Crippen molar-refractivity contribution < 1.29 is 4.39 Å². The average Bonchev–Trinajstić information content (AvgIpc) is 2.53. The number of halogens is 1. The Kier molecular flexibility index (Phi) is 19.9. The Morgan fingerprint density at radius 2 is 0.739 bits per heavy atom. The maximum atomic E-state index is 12.6. The Balaban J connectivity index is 2.95. The topological polar surface area (TPSA) is 0 Å². The van der Waals surface area contributed by atoms with E-state index in [1.807, 2.05) is 0 Å². The van der Waals surface area contributed by atoms with E-state index in [4.69, 9.17) is 0 Å². The molecular weight excluding hydrogens is 283 g/mol. The third-order valence-electron chi connectivity index (χ3n) is 4.96. The molecule has 0 radical (unpaired) electrons. The molecule has 1 atom stereocenters. The third kappa shape index (κ3) is 21.9. The maximum Gasteiger partial charge on any atom is 0.0973 e. The Morgan fingerprint density at radius 3 is 1.00 bits per heavy atom. The molecule has 0 nitrogen and oxygen atoms in total. The van der Waals surface area contributed by atoms with E-state index >= 15 is 0 Å². The molecule has 23 heavy (non-hydrogen) atoms. The van der Waals surface area contributed by atoms with E-state index in [1.54, 1.807) is 6.92 Å². The Hall–Kier alpha value is -0.0700. The molecule has 0 heterocycles. The molecule has 0 saturated carbocycles. The highest BCUT2D eigenvalue weighted by atomic mass is 19.1. The van der Waals surface area contributed by atoms with Gasteiger partial charge in [0.15, 0.2) is 0 Å². The fraction of sp³-hybridized carbons (Fsp3) is 1.00. The Bertz CT molecular complexity index is 200. The zero-order chi connectivity index (χ0) is 17.0. The molecule has 1 unspecified atom stereocenters. The number of hydrogen-bond acceptors (Lipinski definition) is 0. The highest BCUT2D eigenvalue weighted by Crippen LogP contribution is 2.14. The van der Waals surface area contributed by atoms with Crippen LogP contribution in [-0.4, -0.2) is 6.17 Å². The molecular formula is C22H45F. The van der Waals surface area contributed by atoms with Gasteiger partial charge < -0.3 is 0 Å². The summed E-state index contributed by atoms with van der Waals surface area (Å²) in [6, 6.07) is 0. The van der Waals surface area contributed by atoms with Crippen LogP contribution in [0.1, 0.15) is 136 Å². The highest BCUT2D eigenvalue weighted by molar-refractivity contribution is 4.52. The largest absolute Gasteiger partial charge is 0.248 e. The third-order valence-corrected chi connectivity index (χ3v) is 4.96. The predicted octanol–water partition coefficient (Wildman–Crippen LogP) is 8.78. The Morgan fingerprint density at radius 1 is 0.478 bits per heavy atom. The lowest BCUT2D eigenvalue weighted by atomic mass is 10.0. The summed E-state index contributed by atoms with van der Waals surface area (Å²) >= 11 is 0. The molecule has 0 amide bonds. The summed E-state index contributed by atoms with van der Waals surface area (Å²) in [5, 5.41) is 0. The van der Waals surface area contributed by atoms with Gasteiger partial charge in [-0.15, -0.1) is 0 Å². The van der Waals surface area contributed by atoms with Crippen molar-refractivity contribution in [1.29, 1.82) is 0 Å². The van der Waals surface area contributed by atoms with Gasteiger partial charge in [-0.05, 0) is 13.3 Å². The van der Waals surface area contributed by atoms with E-state index in [0.29, 0.717) is 0 Å². The van der Waals surface area contributed by atoms with Crippen molar-refractivity contribution in [2.75, 3.05) is 0 Å². The van der Waals surface area contributed by atoms with Crippen LogP contribution in [-0.2, 0) is 0 Å². The standard InChI is InChI=1S/C22H45F/c1-3-4-5-6-7-8-9-10-11-12-13-14-15-16-17-18-19-20-21-22(2)23/h22H,3-21H2,1-2H3. The van der Waals surface area contributed by atoms with Crippen LogP contribution in [0.5, 0.6) is 0 Å². The molecule has 0 aliphatic heterocycles. The van der Waals surface area contributed by atoms with E-state index in [-0.39, 0.29) is 0 Å². The van der Waals surface area contributed by atoms with Crippen LogP contribution in [0.4, 0.5) is 4.39 Å². The summed E-state index contributed by atoms with van der Waals surface area (Å²) in [5.74, 6) is 0. The molecule has 0 rings (SSSR count). The van der Waals surface area contributed by atoms with E-state index in [0.717, 1.165) is 12.8 Å². The van der Waals surface area contributed by atoms with Gasteiger partial charge in [-0.2, -0.15) is 0 Å². The van der Waals surface area contributed by atoms with Crippen LogP contribution in [0.3, 0.4) is 0 Å². The minimum atomic E-state index is -0.601. The van der Waals surface area contributed by atoms with Crippen molar-refractivity contribution in [2.45, 2.75) is 142 Å². The van der Waals surface area contributed by atoms with E-state index in [2.05, 4.69) is 6.92 Å². The lowest BCUT2D eigenvalue weighted by molar-refractivity contribution is 0.329. The summed E-state index contributed by atoms with van der Waals surface area (Å²) in [5.41, 5.74) is 0. The SMILES string of the molecule is CCCCCCCCCCCCCCCCCCCCC(C)F. The average molecular weight is 329 g/mol. The second-order valence-corrected chi connectivity index (χ2v) is 7.58. The minimum Gasteiger partial charge on any atom is -0.248 e. The molecule has 0 N–H and O–H groups in total. The number of unbranched alkanes of at least 4 members (excludes halogenated alkanes) is 17. The molecule has 0 aromatic heterocycles. The summed E-state index contributed by atoms with van der Waals surface area (Å²) in [6.07, 6.45) is 25.3.